The van der Waals surface area contributed by atoms with Gasteiger partial charge in [-0.2, -0.15) is 5.10 Å². The molecule has 0 fully saturated rings. The highest BCUT2D eigenvalue weighted by Gasteiger charge is 2.19. The third-order valence-corrected chi connectivity index (χ3v) is 4.74. The Hall–Kier alpha value is -3.68. The van der Waals surface area contributed by atoms with Crippen molar-refractivity contribution < 1.29 is 19.1 Å². The summed E-state index contributed by atoms with van der Waals surface area (Å²) in [5, 5.41) is 7.15. The summed E-state index contributed by atoms with van der Waals surface area (Å²) in [6.07, 6.45) is 1.16. The van der Waals surface area contributed by atoms with Crippen LogP contribution < -0.4 is 10.1 Å². The Morgan fingerprint density at radius 1 is 1.13 bits per heavy atom. The van der Waals surface area contributed by atoms with E-state index in [1.807, 2.05) is 44.2 Å². The Morgan fingerprint density at radius 3 is 2.45 bits per heavy atom. The Balaban J connectivity index is 1.49. The molecule has 3 aromatic rings. The lowest BCUT2D eigenvalue weighted by molar-refractivity contribution is -0.129. The van der Waals surface area contributed by atoms with Crippen molar-refractivity contribution in [1.82, 2.24) is 20.1 Å². The van der Waals surface area contributed by atoms with Gasteiger partial charge in [0.1, 0.15) is 5.75 Å². The zero-order valence-corrected chi connectivity index (χ0v) is 18.1. The topological polar surface area (TPSA) is 95.3 Å². The first-order valence-corrected chi connectivity index (χ1v) is 9.98. The smallest absolute Gasteiger partial charge is 0.340 e. The molecule has 2 aromatic heterocycles. The number of esters is 1. The van der Waals surface area contributed by atoms with Crippen molar-refractivity contribution in [2.75, 3.05) is 13.7 Å². The van der Waals surface area contributed by atoms with Crippen LogP contribution in [0.15, 0.2) is 48.7 Å². The third-order valence-electron chi connectivity index (χ3n) is 4.74. The minimum Gasteiger partial charge on any atom is -0.497 e. The molecule has 0 spiro atoms. The maximum Gasteiger partial charge on any atom is 0.340 e. The molecule has 3 rings (SSSR count). The summed E-state index contributed by atoms with van der Waals surface area (Å²) >= 11 is 0. The van der Waals surface area contributed by atoms with Crippen LogP contribution in [0.3, 0.4) is 0 Å². The average molecular weight is 422 g/mol. The molecule has 0 aliphatic rings. The van der Waals surface area contributed by atoms with E-state index >= 15 is 0 Å². The predicted octanol–water partition coefficient (Wildman–Crippen LogP) is 2.80. The van der Waals surface area contributed by atoms with Crippen molar-refractivity contribution >= 4 is 11.9 Å². The number of carbonyl (C=O) groups is 2. The molecule has 8 nitrogen and oxygen atoms in total. The van der Waals surface area contributed by atoms with Crippen molar-refractivity contribution in [3.05, 3.63) is 71.2 Å². The number of ether oxygens (including phenoxy) is 2. The van der Waals surface area contributed by atoms with Gasteiger partial charge in [0.05, 0.1) is 18.4 Å². The summed E-state index contributed by atoms with van der Waals surface area (Å²) in [6.45, 7) is 5.81. The molecule has 31 heavy (non-hydrogen) atoms. The molecule has 0 aliphatic carbocycles. The van der Waals surface area contributed by atoms with Gasteiger partial charge in [0, 0.05) is 18.4 Å². The molecule has 0 saturated heterocycles. The number of aromatic nitrogens is 3. The van der Waals surface area contributed by atoms with E-state index in [1.165, 1.54) is 13.1 Å². The molecule has 2 heterocycles. The van der Waals surface area contributed by atoms with Gasteiger partial charge in [-0.1, -0.05) is 12.1 Å². The van der Waals surface area contributed by atoms with Crippen LogP contribution in [0.2, 0.25) is 0 Å². The van der Waals surface area contributed by atoms with Gasteiger partial charge < -0.3 is 14.8 Å². The van der Waals surface area contributed by atoms with E-state index in [-0.39, 0.29) is 11.5 Å². The predicted molar refractivity (Wildman–Crippen MR) is 115 cm³/mol. The molecule has 0 radical (unpaired) electrons. The number of hydrogen-bond donors (Lipinski definition) is 1. The van der Waals surface area contributed by atoms with Gasteiger partial charge >= 0.3 is 5.97 Å². The van der Waals surface area contributed by atoms with Crippen LogP contribution in [0, 0.1) is 13.8 Å². The molecule has 0 aliphatic heterocycles. The van der Waals surface area contributed by atoms with E-state index in [0.29, 0.717) is 18.8 Å². The standard InChI is InChI=1S/C23H26N4O4/c1-15-13-16(2)27(26-15)21-10-7-19(14-25-21)23(29)31-17(3)22(28)24-12-11-18-5-8-20(30-4)9-6-18/h5-10,13-14,17H,11-12H2,1-4H3,(H,24,28). The number of pyridine rings is 1. The number of benzene rings is 1. The molecule has 1 N–H and O–H groups in total. The number of amides is 1. The van der Waals surface area contributed by atoms with Crippen molar-refractivity contribution in [2.24, 2.45) is 0 Å². The number of nitrogens with one attached hydrogen (secondary N) is 1. The van der Waals surface area contributed by atoms with Crippen molar-refractivity contribution in [2.45, 2.75) is 33.3 Å². The van der Waals surface area contributed by atoms with Crippen molar-refractivity contribution in [3.63, 3.8) is 0 Å². The fourth-order valence-corrected chi connectivity index (χ4v) is 3.04. The van der Waals surface area contributed by atoms with Gasteiger partial charge in [0.15, 0.2) is 11.9 Å². The van der Waals surface area contributed by atoms with E-state index in [2.05, 4.69) is 15.4 Å². The lowest BCUT2D eigenvalue weighted by Crippen LogP contribution is -2.36. The van der Waals surface area contributed by atoms with Gasteiger partial charge in [-0.05, 0) is 63.1 Å². The molecule has 8 heteroatoms. The SMILES string of the molecule is COc1ccc(CCNC(=O)C(C)OC(=O)c2ccc(-n3nc(C)cc3C)nc2)cc1. The molecule has 1 aromatic carbocycles. The molecule has 1 unspecified atom stereocenters. The number of rotatable bonds is 8. The highest BCUT2D eigenvalue weighted by Crippen LogP contribution is 2.12. The van der Waals surface area contributed by atoms with Crippen molar-refractivity contribution in [3.8, 4) is 11.6 Å². The second-order valence-electron chi connectivity index (χ2n) is 7.18. The monoisotopic (exact) mass is 422 g/mol. The molecular formula is C23H26N4O4. The molecular weight excluding hydrogens is 396 g/mol. The number of nitrogens with zero attached hydrogens (tertiary/aromatic N) is 3. The number of carbonyl (C=O) groups excluding carboxylic acids is 2. The zero-order chi connectivity index (χ0) is 22.4. The average Bonchev–Trinajstić information content (AvgIpc) is 3.12. The third kappa shape index (κ3) is 5.69. The summed E-state index contributed by atoms with van der Waals surface area (Å²) in [4.78, 5) is 28.9. The normalized spacial score (nSPS) is 11.6. The number of hydrogen-bond acceptors (Lipinski definition) is 6. The summed E-state index contributed by atoms with van der Waals surface area (Å²) in [6, 6.07) is 12.9. The maximum absolute atomic E-state index is 12.4. The van der Waals surface area contributed by atoms with Crippen LogP contribution in [0.25, 0.3) is 5.82 Å². The Bertz CT molecular complexity index is 1040. The van der Waals surface area contributed by atoms with E-state index in [4.69, 9.17) is 9.47 Å². The zero-order valence-electron chi connectivity index (χ0n) is 18.1. The first kappa shape index (κ1) is 22.0. The van der Waals surface area contributed by atoms with E-state index in [9.17, 15) is 9.59 Å². The minimum absolute atomic E-state index is 0.267. The van der Waals surface area contributed by atoms with Crippen molar-refractivity contribution in [1.29, 1.82) is 0 Å². The summed E-state index contributed by atoms with van der Waals surface area (Å²) in [5.74, 6) is 0.427. The molecule has 1 amide bonds. The molecule has 1 atom stereocenters. The highest BCUT2D eigenvalue weighted by atomic mass is 16.5. The fraction of sp³-hybridized carbons (Fsp3) is 0.304. The maximum atomic E-state index is 12.4. The molecule has 0 bridgehead atoms. The van der Waals surface area contributed by atoms with Crippen LogP contribution >= 0.6 is 0 Å². The number of methoxy groups -OCH3 is 1. The van der Waals surface area contributed by atoms with Crippen LogP contribution in [-0.2, 0) is 16.0 Å². The van der Waals surface area contributed by atoms with Gasteiger partial charge in [0.25, 0.3) is 5.91 Å². The van der Waals surface area contributed by atoms with Gasteiger partial charge in [-0.3, -0.25) is 4.79 Å². The van der Waals surface area contributed by atoms with Gasteiger partial charge in [-0.25, -0.2) is 14.5 Å². The Kier molecular flexibility index (Phi) is 7.02. The Morgan fingerprint density at radius 2 is 1.87 bits per heavy atom. The second kappa shape index (κ2) is 9.88. The summed E-state index contributed by atoms with van der Waals surface area (Å²) in [7, 11) is 1.61. The van der Waals surface area contributed by atoms with Crippen LogP contribution in [0.1, 0.15) is 34.2 Å². The summed E-state index contributed by atoms with van der Waals surface area (Å²) in [5.41, 5.74) is 3.16. The van der Waals surface area contributed by atoms with Crippen LogP contribution in [0.4, 0.5) is 0 Å². The quantitative estimate of drug-likeness (QED) is 0.561. The second-order valence-corrected chi connectivity index (χ2v) is 7.18. The number of aryl methyl sites for hydroxylation is 2. The molecule has 0 saturated carbocycles. The minimum atomic E-state index is -0.918. The highest BCUT2D eigenvalue weighted by molar-refractivity contribution is 5.92. The lowest BCUT2D eigenvalue weighted by atomic mass is 10.1. The summed E-state index contributed by atoms with van der Waals surface area (Å²) < 4.78 is 12.1. The first-order chi connectivity index (χ1) is 14.9. The van der Waals surface area contributed by atoms with Gasteiger partial charge in [0.2, 0.25) is 0 Å². The molecule has 162 valence electrons. The largest absolute Gasteiger partial charge is 0.497 e. The van der Waals surface area contributed by atoms with Crippen LogP contribution in [-0.4, -0.2) is 46.4 Å². The first-order valence-electron chi connectivity index (χ1n) is 9.98. The van der Waals surface area contributed by atoms with E-state index < -0.39 is 12.1 Å². The Labute approximate surface area is 181 Å². The van der Waals surface area contributed by atoms with Gasteiger partial charge in [-0.15, -0.1) is 0 Å². The lowest BCUT2D eigenvalue weighted by Gasteiger charge is -2.14. The fourth-order valence-electron chi connectivity index (χ4n) is 3.04. The van der Waals surface area contributed by atoms with E-state index in [0.717, 1.165) is 22.7 Å². The van der Waals surface area contributed by atoms with E-state index in [1.54, 1.807) is 23.9 Å². The van der Waals surface area contributed by atoms with Crippen LogP contribution in [0.5, 0.6) is 5.75 Å².